The van der Waals surface area contributed by atoms with E-state index in [9.17, 15) is 19.5 Å². The summed E-state index contributed by atoms with van der Waals surface area (Å²) in [5.41, 5.74) is -0.337. The minimum atomic E-state index is -0.814. The number of hydrogen-bond acceptors (Lipinski definition) is 7. The maximum absolute atomic E-state index is 13.3. The van der Waals surface area contributed by atoms with E-state index >= 15 is 0 Å². The van der Waals surface area contributed by atoms with Crippen molar-refractivity contribution in [2.75, 3.05) is 13.2 Å². The first-order valence-electron chi connectivity index (χ1n) is 9.21. The monoisotopic (exact) mass is 390 g/mol. The number of phenols is 1. The third-order valence-electron chi connectivity index (χ3n) is 5.91. The molecule has 0 saturated carbocycles. The van der Waals surface area contributed by atoms with Crippen molar-refractivity contribution in [1.82, 2.24) is 0 Å². The number of ketones is 2. The van der Waals surface area contributed by atoms with Crippen molar-refractivity contribution in [1.29, 1.82) is 0 Å². The number of phenolic OH excluding ortho intramolecular Hbond substituents is 1. The summed E-state index contributed by atoms with van der Waals surface area (Å²) in [7, 11) is 0. The lowest BCUT2D eigenvalue weighted by Gasteiger charge is -2.20. The Morgan fingerprint density at radius 3 is 2.52 bits per heavy atom. The van der Waals surface area contributed by atoms with Gasteiger partial charge in [-0.05, 0) is 24.6 Å². The summed E-state index contributed by atoms with van der Waals surface area (Å²) in [6.07, 6.45) is -0.189. The Balaban J connectivity index is 1.70. The number of rotatable bonds is 2. The number of aromatic hydroxyl groups is 1. The summed E-state index contributed by atoms with van der Waals surface area (Å²) in [4.78, 5) is 39.3. The zero-order valence-corrected chi connectivity index (χ0v) is 15.3. The first kappa shape index (κ1) is 16.6. The van der Waals surface area contributed by atoms with Gasteiger partial charge in [-0.3, -0.25) is 14.4 Å². The predicted molar refractivity (Wildman–Crippen MR) is 99.6 cm³/mol. The molecule has 3 aromatic rings. The van der Waals surface area contributed by atoms with E-state index < -0.39 is 17.2 Å². The molecule has 2 unspecified atom stereocenters. The highest BCUT2D eigenvalue weighted by atomic mass is 16.7. The summed E-state index contributed by atoms with van der Waals surface area (Å²) in [6.45, 7) is 2.56. The lowest BCUT2D eigenvalue weighted by molar-refractivity contribution is 0.0976. The molecule has 29 heavy (non-hydrogen) atoms. The van der Waals surface area contributed by atoms with E-state index in [1.807, 2.05) is 0 Å². The molecule has 2 aromatic carbocycles. The van der Waals surface area contributed by atoms with Crippen molar-refractivity contribution in [3.8, 4) is 5.75 Å². The number of ether oxygens (including phenoxy) is 2. The largest absolute Gasteiger partial charge is 0.507 e. The molecular weight excluding hydrogens is 376 g/mol. The first-order chi connectivity index (χ1) is 13.9. The molecule has 144 valence electrons. The third-order valence-corrected chi connectivity index (χ3v) is 5.91. The average Bonchev–Trinajstić information content (AvgIpc) is 3.58. The fourth-order valence-corrected chi connectivity index (χ4v) is 4.26. The van der Waals surface area contributed by atoms with E-state index in [4.69, 9.17) is 13.9 Å². The highest BCUT2D eigenvalue weighted by Gasteiger charge is 2.61. The highest BCUT2D eigenvalue weighted by Crippen LogP contribution is 2.48. The molecule has 1 aromatic heterocycles. The second kappa shape index (κ2) is 5.20. The topological polar surface area (TPSA) is 110 Å². The van der Waals surface area contributed by atoms with Crippen LogP contribution in [0.4, 0.5) is 0 Å². The van der Waals surface area contributed by atoms with Crippen LogP contribution >= 0.6 is 0 Å². The zero-order valence-electron chi connectivity index (χ0n) is 15.3. The smallest absolute Gasteiger partial charge is 0.202 e. The van der Waals surface area contributed by atoms with Crippen LogP contribution in [0.2, 0.25) is 0 Å². The van der Waals surface area contributed by atoms with E-state index in [0.29, 0.717) is 18.8 Å². The van der Waals surface area contributed by atoms with E-state index in [0.717, 1.165) is 0 Å². The van der Waals surface area contributed by atoms with Crippen LogP contribution in [0.1, 0.15) is 43.2 Å². The Kier molecular flexibility index (Phi) is 2.98. The Morgan fingerprint density at radius 1 is 1.07 bits per heavy atom. The van der Waals surface area contributed by atoms with E-state index in [1.165, 1.54) is 30.3 Å². The standard InChI is InChI=1S/C22H14O7/c1-9-5-11-18(20(26)17-10(19(11)25)3-2-4-12(17)23)21-16(9)13(24)6-14(29-21)22(8-28-22)15-7-27-15/h2-6,15,23H,7-8H2,1H3. The normalized spacial score (nSPS) is 24.4. The van der Waals surface area contributed by atoms with Gasteiger partial charge in [0.25, 0.3) is 0 Å². The van der Waals surface area contributed by atoms with Gasteiger partial charge in [0.2, 0.25) is 5.78 Å². The molecule has 0 spiro atoms. The molecule has 6 rings (SSSR count). The number of hydrogen-bond donors (Lipinski definition) is 1. The molecule has 2 saturated heterocycles. The van der Waals surface area contributed by atoms with Gasteiger partial charge in [0.1, 0.15) is 23.2 Å². The van der Waals surface area contributed by atoms with E-state index in [-0.39, 0.29) is 56.3 Å². The summed E-state index contributed by atoms with van der Waals surface area (Å²) in [5.74, 6) is -0.946. The lowest BCUT2D eigenvalue weighted by Crippen LogP contribution is -2.24. The number of carbonyl (C=O) groups excluding carboxylic acids is 2. The summed E-state index contributed by atoms with van der Waals surface area (Å²) < 4.78 is 17.0. The Labute approximate surface area is 163 Å². The van der Waals surface area contributed by atoms with Crippen LogP contribution < -0.4 is 5.43 Å². The molecule has 3 aliphatic rings. The molecule has 0 amide bonds. The van der Waals surface area contributed by atoms with Gasteiger partial charge in [-0.1, -0.05) is 12.1 Å². The maximum Gasteiger partial charge on any atom is 0.202 e. The first-order valence-corrected chi connectivity index (χ1v) is 9.21. The van der Waals surface area contributed by atoms with Crippen molar-refractivity contribution in [2.24, 2.45) is 0 Å². The van der Waals surface area contributed by atoms with Gasteiger partial charge in [0.15, 0.2) is 16.8 Å². The molecule has 3 heterocycles. The second-order valence-electron chi connectivity index (χ2n) is 7.65. The summed E-state index contributed by atoms with van der Waals surface area (Å²) in [6, 6.07) is 7.28. The van der Waals surface area contributed by atoms with Crippen LogP contribution in [0.5, 0.6) is 5.75 Å². The van der Waals surface area contributed by atoms with Gasteiger partial charge >= 0.3 is 0 Å². The number of fused-ring (bicyclic) bond motifs is 4. The maximum atomic E-state index is 13.3. The Hall–Kier alpha value is -3.29. The summed E-state index contributed by atoms with van der Waals surface area (Å²) in [5, 5.41) is 10.5. The number of aryl methyl sites for hydroxylation is 1. The third kappa shape index (κ3) is 2.06. The molecule has 0 bridgehead atoms. The number of epoxide rings is 2. The zero-order chi connectivity index (χ0) is 20.1. The van der Waals surface area contributed by atoms with Crippen molar-refractivity contribution in [3.05, 3.63) is 74.1 Å². The van der Waals surface area contributed by atoms with Gasteiger partial charge in [-0.2, -0.15) is 0 Å². The van der Waals surface area contributed by atoms with Gasteiger partial charge < -0.3 is 19.0 Å². The van der Waals surface area contributed by atoms with Crippen LogP contribution in [-0.4, -0.2) is 36.0 Å². The average molecular weight is 390 g/mol. The van der Waals surface area contributed by atoms with Crippen molar-refractivity contribution < 1.29 is 28.6 Å². The molecule has 2 fully saturated rings. The Bertz CT molecular complexity index is 1340. The van der Waals surface area contributed by atoms with Crippen molar-refractivity contribution in [3.63, 3.8) is 0 Å². The fraction of sp³-hybridized carbons (Fsp3) is 0.227. The van der Waals surface area contributed by atoms with Gasteiger partial charge in [-0.25, -0.2) is 0 Å². The van der Waals surface area contributed by atoms with Crippen LogP contribution in [0.25, 0.3) is 11.0 Å². The minimum Gasteiger partial charge on any atom is -0.507 e. The number of benzene rings is 2. The molecular formula is C22H14O7. The fourth-order valence-electron chi connectivity index (χ4n) is 4.26. The molecule has 7 nitrogen and oxygen atoms in total. The lowest BCUT2D eigenvalue weighted by atomic mass is 9.81. The molecule has 1 N–H and O–H groups in total. The molecule has 0 radical (unpaired) electrons. The minimum absolute atomic E-state index is 0.00364. The predicted octanol–water partition coefficient (Wildman–Crippen LogP) is 2.21. The van der Waals surface area contributed by atoms with Gasteiger partial charge in [0.05, 0.1) is 29.7 Å². The number of carbonyl (C=O) groups is 2. The van der Waals surface area contributed by atoms with Crippen molar-refractivity contribution >= 4 is 22.5 Å². The van der Waals surface area contributed by atoms with Crippen LogP contribution in [0.15, 0.2) is 39.5 Å². The van der Waals surface area contributed by atoms with E-state index in [1.54, 1.807) is 6.92 Å². The SMILES string of the molecule is Cc1cc2c(c3oc(C4(C5CO5)CO4)cc(=O)c13)C(=O)c1c(O)cccc1C2=O. The molecule has 2 aliphatic heterocycles. The summed E-state index contributed by atoms with van der Waals surface area (Å²) >= 11 is 0. The van der Waals surface area contributed by atoms with Crippen molar-refractivity contribution in [2.45, 2.75) is 18.6 Å². The van der Waals surface area contributed by atoms with Gasteiger partial charge in [0, 0.05) is 17.2 Å². The highest BCUT2D eigenvalue weighted by molar-refractivity contribution is 6.32. The van der Waals surface area contributed by atoms with Crippen LogP contribution in [-0.2, 0) is 15.1 Å². The molecule has 1 aliphatic carbocycles. The van der Waals surface area contributed by atoms with Crippen LogP contribution in [0.3, 0.4) is 0 Å². The van der Waals surface area contributed by atoms with E-state index in [2.05, 4.69) is 0 Å². The Morgan fingerprint density at radius 2 is 1.83 bits per heavy atom. The quantitative estimate of drug-likeness (QED) is 0.523. The molecule has 7 heteroatoms. The van der Waals surface area contributed by atoms with Crippen LogP contribution in [0, 0.1) is 6.92 Å². The molecule has 2 atom stereocenters. The second-order valence-corrected chi connectivity index (χ2v) is 7.65. The van der Waals surface area contributed by atoms with Gasteiger partial charge in [-0.15, -0.1) is 0 Å².